The zero-order valence-corrected chi connectivity index (χ0v) is 12.5. The summed E-state index contributed by atoms with van der Waals surface area (Å²) in [7, 11) is -1.99. The van der Waals surface area contributed by atoms with Gasteiger partial charge in [-0.2, -0.15) is 0 Å². The number of benzene rings is 1. The molecule has 1 aromatic rings. The molecule has 0 aromatic heterocycles. The van der Waals surface area contributed by atoms with Crippen LogP contribution < -0.4 is 15.8 Å². The maximum Gasteiger partial charge on any atom is 0.240 e. The summed E-state index contributed by atoms with van der Waals surface area (Å²) in [5.74, 6) is 0.853. The van der Waals surface area contributed by atoms with E-state index >= 15 is 0 Å². The molecule has 1 atom stereocenters. The van der Waals surface area contributed by atoms with Crippen molar-refractivity contribution in [3.8, 4) is 0 Å². The summed E-state index contributed by atoms with van der Waals surface area (Å²) >= 11 is 0. The maximum atomic E-state index is 11.7. The number of anilines is 1. The average Bonchev–Trinajstić information content (AvgIpc) is 2.39. The highest BCUT2D eigenvalue weighted by atomic mass is 32.2. The first-order valence-electron chi connectivity index (χ1n) is 6.38. The smallest absolute Gasteiger partial charge is 0.240 e. The molecule has 0 aliphatic heterocycles. The van der Waals surface area contributed by atoms with E-state index in [9.17, 15) is 8.42 Å². The Morgan fingerprint density at radius 3 is 2.53 bits per heavy atom. The Bertz CT molecular complexity index is 500. The predicted molar refractivity (Wildman–Crippen MR) is 78.6 cm³/mol. The molecule has 0 heterocycles. The lowest BCUT2D eigenvalue weighted by Crippen LogP contribution is -2.27. The molecule has 0 bridgehead atoms. The molecular formula is C13H23N3O2S. The van der Waals surface area contributed by atoms with Gasteiger partial charge in [0.15, 0.2) is 0 Å². The molecule has 4 N–H and O–H groups in total. The quantitative estimate of drug-likeness (QED) is 0.703. The zero-order chi connectivity index (χ0) is 14.5. The van der Waals surface area contributed by atoms with Crippen molar-refractivity contribution in [2.75, 3.05) is 25.5 Å². The van der Waals surface area contributed by atoms with Crippen LogP contribution in [0.2, 0.25) is 0 Å². The first-order valence-corrected chi connectivity index (χ1v) is 7.86. The second kappa shape index (κ2) is 6.88. The van der Waals surface area contributed by atoms with Gasteiger partial charge in [0.1, 0.15) is 0 Å². The van der Waals surface area contributed by atoms with Crippen molar-refractivity contribution in [2.24, 2.45) is 17.6 Å². The van der Waals surface area contributed by atoms with Gasteiger partial charge in [0.25, 0.3) is 0 Å². The molecule has 0 saturated heterocycles. The molecule has 108 valence electrons. The number of nitrogens with two attached hydrogens (primary N) is 1. The number of nitrogens with one attached hydrogen (secondary N) is 2. The summed E-state index contributed by atoms with van der Waals surface area (Å²) in [5.41, 5.74) is 6.50. The van der Waals surface area contributed by atoms with E-state index in [2.05, 4.69) is 23.9 Å². The van der Waals surface area contributed by atoms with Gasteiger partial charge in [-0.05, 0) is 43.6 Å². The van der Waals surface area contributed by atoms with Crippen LogP contribution in [0.15, 0.2) is 29.2 Å². The second-order valence-electron chi connectivity index (χ2n) is 4.86. The van der Waals surface area contributed by atoms with Crippen molar-refractivity contribution < 1.29 is 8.42 Å². The standard InChI is InChI=1S/C13H23N3O2S/c1-10(2)11(8-14)9-16-12-5-4-6-13(7-12)19(17,18)15-3/h4-7,10-11,15-16H,8-9,14H2,1-3H3. The highest BCUT2D eigenvalue weighted by molar-refractivity contribution is 7.89. The van der Waals surface area contributed by atoms with Gasteiger partial charge >= 0.3 is 0 Å². The average molecular weight is 285 g/mol. The third-order valence-electron chi connectivity index (χ3n) is 3.23. The fraction of sp³-hybridized carbons (Fsp3) is 0.538. The first kappa shape index (κ1) is 15.9. The van der Waals surface area contributed by atoms with Crippen LogP contribution in [0.1, 0.15) is 13.8 Å². The number of rotatable bonds is 7. The Labute approximate surface area is 115 Å². The van der Waals surface area contributed by atoms with Gasteiger partial charge in [-0.25, -0.2) is 13.1 Å². The molecule has 0 fully saturated rings. The maximum absolute atomic E-state index is 11.7. The first-order chi connectivity index (χ1) is 8.90. The van der Waals surface area contributed by atoms with E-state index in [0.717, 1.165) is 12.2 Å². The number of hydrogen-bond acceptors (Lipinski definition) is 4. The van der Waals surface area contributed by atoms with Gasteiger partial charge in [0, 0.05) is 12.2 Å². The SMILES string of the molecule is CNS(=O)(=O)c1cccc(NCC(CN)C(C)C)c1. The van der Waals surface area contributed by atoms with E-state index in [0.29, 0.717) is 18.4 Å². The minimum Gasteiger partial charge on any atom is -0.385 e. The monoisotopic (exact) mass is 285 g/mol. The van der Waals surface area contributed by atoms with Crippen LogP contribution in [0.5, 0.6) is 0 Å². The zero-order valence-electron chi connectivity index (χ0n) is 11.7. The molecule has 0 spiro atoms. The second-order valence-corrected chi connectivity index (χ2v) is 6.74. The summed E-state index contributed by atoms with van der Waals surface area (Å²) in [6, 6.07) is 6.77. The fourth-order valence-corrected chi connectivity index (χ4v) is 2.51. The van der Waals surface area contributed by atoms with Crippen LogP contribution in [0.4, 0.5) is 5.69 Å². The topological polar surface area (TPSA) is 84.2 Å². The Morgan fingerprint density at radius 1 is 1.32 bits per heavy atom. The molecule has 1 unspecified atom stereocenters. The van der Waals surface area contributed by atoms with Crippen molar-refractivity contribution in [1.29, 1.82) is 0 Å². The summed E-state index contributed by atoms with van der Waals surface area (Å²) in [6.07, 6.45) is 0. The van der Waals surface area contributed by atoms with Crippen LogP contribution in [0.3, 0.4) is 0 Å². The molecule has 0 amide bonds. The molecule has 0 radical (unpaired) electrons. The van der Waals surface area contributed by atoms with Gasteiger partial charge in [0.2, 0.25) is 10.0 Å². The molecule has 0 aliphatic carbocycles. The number of sulfonamides is 1. The summed E-state index contributed by atoms with van der Waals surface area (Å²) in [5, 5.41) is 3.24. The fourth-order valence-electron chi connectivity index (χ4n) is 1.73. The molecule has 0 aliphatic rings. The van der Waals surface area contributed by atoms with E-state index in [1.54, 1.807) is 18.2 Å². The van der Waals surface area contributed by atoms with Crippen molar-refractivity contribution in [1.82, 2.24) is 4.72 Å². The Balaban J connectivity index is 2.78. The van der Waals surface area contributed by atoms with E-state index in [4.69, 9.17) is 5.73 Å². The van der Waals surface area contributed by atoms with Crippen molar-refractivity contribution in [2.45, 2.75) is 18.7 Å². The van der Waals surface area contributed by atoms with Crippen molar-refractivity contribution >= 4 is 15.7 Å². The molecule has 1 aromatic carbocycles. The van der Waals surface area contributed by atoms with Crippen LogP contribution in [-0.4, -0.2) is 28.6 Å². The predicted octanol–water partition coefficient (Wildman–Crippen LogP) is 1.24. The van der Waals surface area contributed by atoms with Crippen LogP contribution in [0, 0.1) is 11.8 Å². The Kier molecular flexibility index (Phi) is 5.78. The van der Waals surface area contributed by atoms with Gasteiger partial charge in [-0.15, -0.1) is 0 Å². The van der Waals surface area contributed by atoms with Crippen LogP contribution >= 0.6 is 0 Å². The lowest BCUT2D eigenvalue weighted by Gasteiger charge is -2.20. The molecule has 19 heavy (non-hydrogen) atoms. The molecule has 6 heteroatoms. The van der Waals surface area contributed by atoms with Gasteiger partial charge in [-0.1, -0.05) is 19.9 Å². The third-order valence-corrected chi connectivity index (χ3v) is 4.64. The van der Waals surface area contributed by atoms with E-state index in [1.807, 2.05) is 6.07 Å². The lowest BCUT2D eigenvalue weighted by atomic mass is 9.96. The highest BCUT2D eigenvalue weighted by Crippen LogP contribution is 2.16. The van der Waals surface area contributed by atoms with E-state index < -0.39 is 10.0 Å². The normalized spacial score (nSPS) is 13.5. The Hall–Kier alpha value is -1.11. The lowest BCUT2D eigenvalue weighted by molar-refractivity contribution is 0.413. The highest BCUT2D eigenvalue weighted by Gasteiger charge is 2.13. The van der Waals surface area contributed by atoms with E-state index in [-0.39, 0.29) is 4.90 Å². The largest absolute Gasteiger partial charge is 0.385 e. The molecule has 0 saturated carbocycles. The minimum absolute atomic E-state index is 0.258. The van der Waals surface area contributed by atoms with E-state index in [1.165, 1.54) is 7.05 Å². The van der Waals surface area contributed by atoms with Crippen molar-refractivity contribution in [3.05, 3.63) is 24.3 Å². The molecular weight excluding hydrogens is 262 g/mol. The summed E-state index contributed by atoms with van der Waals surface area (Å²) in [6.45, 7) is 5.60. The third kappa shape index (κ3) is 4.49. The molecule has 1 rings (SSSR count). The van der Waals surface area contributed by atoms with Crippen molar-refractivity contribution in [3.63, 3.8) is 0 Å². The van der Waals surface area contributed by atoms with Crippen LogP contribution in [-0.2, 0) is 10.0 Å². The summed E-state index contributed by atoms with van der Waals surface area (Å²) in [4.78, 5) is 0.258. The summed E-state index contributed by atoms with van der Waals surface area (Å²) < 4.78 is 25.7. The minimum atomic E-state index is -3.40. The Morgan fingerprint density at radius 2 is 2.00 bits per heavy atom. The van der Waals surface area contributed by atoms with Gasteiger partial charge < -0.3 is 11.1 Å². The van der Waals surface area contributed by atoms with Gasteiger partial charge in [-0.3, -0.25) is 0 Å². The number of hydrogen-bond donors (Lipinski definition) is 3. The molecule has 5 nitrogen and oxygen atoms in total. The van der Waals surface area contributed by atoms with Crippen LogP contribution in [0.25, 0.3) is 0 Å². The van der Waals surface area contributed by atoms with Gasteiger partial charge in [0.05, 0.1) is 4.90 Å².